The maximum Gasteiger partial charge on any atom is 0.101 e. The second-order valence-electron chi connectivity index (χ2n) is 5.15. The fourth-order valence-corrected chi connectivity index (χ4v) is 2.83. The Hall–Kier alpha value is -1.24. The molecule has 0 spiro atoms. The minimum atomic E-state index is 0.516. The highest BCUT2D eigenvalue weighted by Crippen LogP contribution is 2.21. The van der Waals surface area contributed by atoms with Gasteiger partial charge in [0.05, 0.1) is 10.6 Å². The van der Waals surface area contributed by atoms with E-state index in [1.807, 2.05) is 12.1 Å². The summed E-state index contributed by atoms with van der Waals surface area (Å²) < 4.78 is 0. The molecule has 1 fully saturated rings. The molecule has 1 aromatic carbocycles. The molecule has 1 N–H and O–H groups in total. The van der Waals surface area contributed by atoms with Crippen molar-refractivity contribution < 1.29 is 0 Å². The molecule has 3 nitrogen and oxygen atoms in total. The van der Waals surface area contributed by atoms with Crippen molar-refractivity contribution in [3.63, 3.8) is 0 Å². The van der Waals surface area contributed by atoms with E-state index in [-0.39, 0.29) is 0 Å². The normalized spacial score (nSPS) is 19.9. The minimum Gasteiger partial charge on any atom is -0.385 e. The van der Waals surface area contributed by atoms with Crippen LogP contribution >= 0.6 is 11.6 Å². The van der Waals surface area contributed by atoms with E-state index >= 15 is 0 Å². The molecular weight excluding hydrogens is 258 g/mol. The number of hydrogen-bond acceptors (Lipinski definition) is 3. The number of halogens is 1. The lowest BCUT2D eigenvalue weighted by atomic mass is 10.0. The molecule has 1 unspecified atom stereocenters. The van der Waals surface area contributed by atoms with Crippen LogP contribution in [-0.4, -0.2) is 31.1 Å². The SMILES string of the molecule is CN1CCCCC1CCNc1ccc(C#N)c(Cl)c1. The summed E-state index contributed by atoms with van der Waals surface area (Å²) in [6.07, 6.45) is 5.11. The number of rotatable bonds is 4. The van der Waals surface area contributed by atoms with Crippen molar-refractivity contribution in [3.05, 3.63) is 28.8 Å². The summed E-state index contributed by atoms with van der Waals surface area (Å²) in [5.74, 6) is 0. The summed E-state index contributed by atoms with van der Waals surface area (Å²) in [7, 11) is 2.21. The Morgan fingerprint density at radius 1 is 1.47 bits per heavy atom. The number of likely N-dealkylation sites (tertiary alicyclic amines) is 1. The fourth-order valence-electron chi connectivity index (χ4n) is 2.61. The van der Waals surface area contributed by atoms with Gasteiger partial charge in [0.25, 0.3) is 0 Å². The molecule has 102 valence electrons. The number of nitriles is 1. The zero-order chi connectivity index (χ0) is 13.7. The van der Waals surface area contributed by atoms with E-state index < -0.39 is 0 Å². The van der Waals surface area contributed by atoms with E-state index in [0.29, 0.717) is 16.6 Å². The standard InChI is InChI=1S/C15H20ClN3/c1-19-9-3-2-4-14(19)7-8-18-13-6-5-12(11-17)15(16)10-13/h5-6,10,14,18H,2-4,7-9H2,1H3. The van der Waals surface area contributed by atoms with Gasteiger partial charge in [0.2, 0.25) is 0 Å². The van der Waals surface area contributed by atoms with Gasteiger partial charge >= 0.3 is 0 Å². The van der Waals surface area contributed by atoms with Crippen molar-refractivity contribution in [1.29, 1.82) is 5.26 Å². The molecule has 4 heteroatoms. The van der Waals surface area contributed by atoms with Crippen LogP contribution in [0, 0.1) is 11.3 Å². The summed E-state index contributed by atoms with van der Waals surface area (Å²) in [5.41, 5.74) is 1.52. The molecule has 0 aliphatic carbocycles. The quantitative estimate of drug-likeness (QED) is 0.916. The second-order valence-corrected chi connectivity index (χ2v) is 5.56. The first kappa shape index (κ1) is 14.2. The lowest BCUT2D eigenvalue weighted by Crippen LogP contribution is -2.37. The summed E-state index contributed by atoms with van der Waals surface area (Å²) in [6.45, 7) is 2.16. The monoisotopic (exact) mass is 277 g/mol. The maximum atomic E-state index is 8.82. The molecule has 1 aliphatic heterocycles. The lowest BCUT2D eigenvalue weighted by molar-refractivity contribution is 0.179. The fraction of sp³-hybridized carbons (Fsp3) is 0.533. The van der Waals surface area contributed by atoms with Crippen LogP contribution in [0.1, 0.15) is 31.2 Å². The van der Waals surface area contributed by atoms with Gasteiger partial charge in [-0.2, -0.15) is 5.26 Å². The third-order valence-electron chi connectivity index (χ3n) is 3.82. The van der Waals surface area contributed by atoms with Crippen LogP contribution in [0.4, 0.5) is 5.69 Å². The Morgan fingerprint density at radius 3 is 3.00 bits per heavy atom. The van der Waals surface area contributed by atoms with Crippen molar-refractivity contribution in [2.75, 3.05) is 25.5 Å². The number of nitrogens with one attached hydrogen (secondary N) is 1. The highest BCUT2D eigenvalue weighted by atomic mass is 35.5. The predicted molar refractivity (Wildman–Crippen MR) is 79.5 cm³/mol. The van der Waals surface area contributed by atoms with Gasteiger partial charge in [0.1, 0.15) is 6.07 Å². The molecule has 1 aliphatic rings. The average molecular weight is 278 g/mol. The first-order chi connectivity index (χ1) is 9.20. The Balaban J connectivity index is 1.82. The Morgan fingerprint density at radius 2 is 2.32 bits per heavy atom. The van der Waals surface area contributed by atoms with Gasteiger partial charge in [-0.1, -0.05) is 18.0 Å². The Bertz CT molecular complexity index is 467. The Kier molecular flexibility index (Phi) is 5.07. The number of anilines is 1. The van der Waals surface area contributed by atoms with Gasteiger partial charge in [0.15, 0.2) is 0 Å². The predicted octanol–water partition coefficient (Wildman–Crippen LogP) is 3.50. The van der Waals surface area contributed by atoms with Crippen molar-refractivity contribution in [2.45, 2.75) is 31.7 Å². The molecule has 0 bridgehead atoms. The summed E-state index contributed by atoms with van der Waals surface area (Å²) in [4.78, 5) is 2.46. The first-order valence-corrected chi connectivity index (χ1v) is 7.22. The molecule has 0 radical (unpaired) electrons. The van der Waals surface area contributed by atoms with E-state index in [1.165, 1.54) is 25.8 Å². The van der Waals surface area contributed by atoms with Crippen molar-refractivity contribution in [1.82, 2.24) is 4.90 Å². The topological polar surface area (TPSA) is 39.1 Å². The third kappa shape index (κ3) is 3.86. The molecule has 0 aromatic heterocycles. The highest BCUT2D eigenvalue weighted by molar-refractivity contribution is 6.32. The number of nitrogens with zero attached hydrogens (tertiary/aromatic N) is 2. The van der Waals surface area contributed by atoms with Gasteiger partial charge < -0.3 is 10.2 Å². The van der Waals surface area contributed by atoms with Gasteiger partial charge in [-0.05, 0) is 51.1 Å². The van der Waals surface area contributed by atoms with E-state index in [9.17, 15) is 0 Å². The molecule has 1 aromatic rings. The molecule has 1 saturated heterocycles. The van der Waals surface area contributed by atoms with E-state index in [0.717, 1.165) is 18.7 Å². The average Bonchev–Trinajstić information content (AvgIpc) is 2.41. The van der Waals surface area contributed by atoms with Crippen LogP contribution in [0.3, 0.4) is 0 Å². The summed E-state index contributed by atoms with van der Waals surface area (Å²) >= 11 is 6.01. The minimum absolute atomic E-state index is 0.516. The van der Waals surface area contributed by atoms with Gasteiger partial charge in [0, 0.05) is 18.3 Å². The number of piperidine rings is 1. The molecular formula is C15H20ClN3. The van der Waals surface area contributed by atoms with Crippen molar-refractivity contribution in [2.24, 2.45) is 0 Å². The van der Waals surface area contributed by atoms with E-state index in [2.05, 4.69) is 23.3 Å². The van der Waals surface area contributed by atoms with Crippen LogP contribution in [0.2, 0.25) is 5.02 Å². The molecule has 0 amide bonds. The first-order valence-electron chi connectivity index (χ1n) is 6.84. The zero-order valence-electron chi connectivity index (χ0n) is 11.3. The van der Waals surface area contributed by atoms with Crippen LogP contribution in [0.15, 0.2) is 18.2 Å². The summed E-state index contributed by atoms with van der Waals surface area (Å²) in [6, 6.07) is 8.26. The number of hydrogen-bond donors (Lipinski definition) is 1. The molecule has 19 heavy (non-hydrogen) atoms. The van der Waals surface area contributed by atoms with Crippen LogP contribution in [-0.2, 0) is 0 Å². The summed E-state index contributed by atoms with van der Waals surface area (Å²) in [5, 5.41) is 12.7. The molecule has 1 atom stereocenters. The Labute approximate surface area is 120 Å². The highest BCUT2D eigenvalue weighted by Gasteiger charge is 2.17. The smallest absolute Gasteiger partial charge is 0.101 e. The van der Waals surface area contributed by atoms with Crippen LogP contribution in [0.25, 0.3) is 0 Å². The van der Waals surface area contributed by atoms with Gasteiger partial charge in [-0.15, -0.1) is 0 Å². The number of benzene rings is 1. The van der Waals surface area contributed by atoms with E-state index in [1.54, 1.807) is 6.07 Å². The second kappa shape index (κ2) is 6.79. The van der Waals surface area contributed by atoms with Crippen molar-refractivity contribution >= 4 is 17.3 Å². The largest absolute Gasteiger partial charge is 0.385 e. The zero-order valence-corrected chi connectivity index (χ0v) is 12.1. The van der Waals surface area contributed by atoms with Crippen LogP contribution in [0.5, 0.6) is 0 Å². The maximum absolute atomic E-state index is 8.82. The van der Waals surface area contributed by atoms with Gasteiger partial charge in [-0.3, -0.25) is 0 Å². The van der Waals surface area contributed by atoms with Gasteiger partial charge in [-0.25, -0.2) is 0 Å². The third-order valence-corrected chi connectivity index (χ3v) is 4.13. The molecule has 2 rings (SSSR count). The molecule has 0 saturated carbocycles. The van der Waals surface area contributed by atoms with Crippen LogP contribution < -0.4 is 5.32 Å². The lowest BCUT2D eigenvalue weighted by Gasteiger charge is -2.32. The van der Waals surface area contributed by atoms with Crippen molar-refractivity contribution in [3.8, 4) is 6.07 Å². The van der Waals surface area contributed by atoms with E-state index in [4.69, 9.17) is 16.9 Å². The molecule has 1 heterocycles.